The summed E-state index contributed by atoms with van der Waals surface area (Å²) < 4.78 is 7.17. The minimum atomic E-state index is 0.132. The van der Waals surface area contributed by atoms with Crippen LogP contribution in [-0.4, -0.2) is 25.2 Å². The smallest absolute Gasteiger partial charge is 0.0744 e. The summed E-state index contributed by atoms with van der Waals surface area (Å²) in [6, 6.07) is 2.13. The van der Waals surface area contributed by atoms with Crippen molar-refractivity contribution in [3.05, 3.63) is 26.9 Å². The molecule has 1 aromatic heterocycles. The molecule has 0 bridgehead atoms. The van der Waals surface area contributed by atoms with Crippen LogP contribution >= 0.6 is 31.9 Å². The fraction of sp³-hybridized carbons (Fsp3) is 0.545. The van der Waals surface area contributed by atoms with E-state index in [2.05, 4.69) is 49.1 Å². The highest BCUT2D eigenvalue weighted by molar-refractivity contribution is 9.11. The van der Waals surface area contributed by atoms with Crippen molar-refractivity contribution in [2.24, 2.45) is 0 Å². The topological polar surface area (TPSA) is 34.1 Å². The van der Waals surface area contributed by atoms with Gasteiger partial charge in [-0.2, -0.15) is 0 Å². The van der Waals surface area contributed by atoms with E-state index in [1.807, 2.05) is 6.07 Å². The zero-order valence-electron chi connectivity index (χ0n) is 9.46. The number of pyridine rings is 1. The Morgan fingerprint density at radius 2 is 2.25 bits per heavy atom. The second-order valence-electron chi connectivity index (χ2n) is 3.48. The van der Waals surface area contributed by atoms with Crippen LogP contribution in [0.3, 0.4) is 0 Å². The van der Waals surface area contributed by atoms with Crippen molar-refractivity contribution in [3.63, 3.8) is 0 Å². The van der Waals surface area contributed by atoms with E-state index in [0.29, 0.717) is 6.61 Å². The molecule has 3 nitrogen and oxygen atoms in total. The Morgan fingerprint density at radius 1 is 1.50 bits per heavy atom. The molecule has 0 fully saturated rings. The number of aromatic nitrogens is 1. The molecular formula is C11H16Br2N2O. The monoisotopic (exact) mass is 350 g/mol. The highest BCUT2D eigenvalue weighted by Crippen LogP contribution is 2.24. The lowest BCUT2D eigenvalue weighted by Crippen LogP contribution is -2.27. The van der Waals surface area contributed by atoms with E-state index in [9.17, 15) is 0 Å². The van der Waals surface area contributed by atoms with Crippen molar-refractivity contribution in [2.75, 3.05) is 20.3 Å². The van der Waals surface area contributed by atoms with Crippen LogP contribution in [0.25, 0.3) is 0 Å². The summed E-state index contributed by atoms with van der Waals surface area (Å²) in [6.07, 6.45) is 2.89. The summed E-state index contributed by atoms with van der Waals surface area (Å²) in [4.78, 5) is 4.41. The molecular weight excluding hydrogens is 336 g/mol. The number of nitrogens with one attached hydrogen (secondary N) is 1. The number of nitrogens with zero attached hydrogens (tertiary/aromatic N) is 1. The van der Waals surface area contributed by atoms with Crippen molar-refractivity contribution in [3.8, 4) is 0 Å². The van der Waals surface area contributed by atoms with Crippen LogP contribution in [0.4, 0.5) is 0 Å². The van der Waals surface area contributed by atoms with E-state index >= 15 is 0 Å². The second-order valence-corrected chi connectivity index (χ2v) is 5.25. The van der Waals surface area contributed by atoms with Crippen LogP contribution in [0.15, 0.2) is 21.2 Å². The molecule has 0 aliphatic rings. The van der Waals surface area contributed by atoms with Crippen molar-refractivity contribution >= 4 is 31.9 Å². The number of methoxy groups -OCH3 is 1. The van der Waals surface area contributed by atoms with Crippen LogP contribution in [-0.2, 0) is 4.74 Å². The molecule has 1 unspecified atom stereocenters. The average molecular weight is 352 g/mol. The predicted molar refractivity (Wildman–Crippen MR) is 72.5 cm³/mol. The number of ether oxygens (including phenoxy) is 1. The van der Waals surface area contributed by atoms with Crippen molar-refractivity contribution in [1.29, 1.82) is 0 Å². The molecule has 0 aliphatic heterocycles. The molecule has 0 amide bonds. The summed E-state index contributed by atoms with van der Waals surface area (Å²) in [5, 5.41) is 3.41. The van der Waals surface area contributed by atoms with E-state index in [1.165, 1.54) is 0 Å². The quantitative estimate of drug-likeness (QED) is 0.853. The van der Waals surface area contributed by atoms with Gasteiger partial charge >= 0.3 is 0 Å². The molecule has 1 atom stereocenters. The van der Waals surface area contributed by atoms with Crippen LogP contribution < -0.4 is 5.32 Å². The Morgan fingerprint density at radius 3 is 2.81 bits per heavy atom. The van der Waals surface area contributed by atoms with Gasteiger partial charge in [0.2, 0.25) is 0 Å². The first-order valence-electron chi connectivity index (χ1n) is 5.22. The van der Waals surface area contributed by atoms with Gasteiger partial charge in [0.1, 0.15) is 0 Å². The van der Waals surface area contributed by atoms with Gasteiger partial charge in [0.15, 0.2) is 0 Å². The van der Waals surface area contributed by atoms with E-state index in [0.717, 1.165) is 27.6 Å². The first-order valence-corrected chi connectivity index (χ1v) is 6.80. The number of hydrogen-bond acceptors (Lipinski definition) is 3. The Balaban J connectivity index is 2.82. The summed E-state index contributed by atoms with van der Waals surface area (Å²) in [6.45, 7) is 3.71. The summed E-state index contributed by atoms with van der Waals surface area (Å²) in [5.41, 5.74) is 0.985. The normalized spacial score (nSPS) is 12.8. The first-order chi connectivity index (χ1) is 7.69. The van der Waals surface area contributed by atoms with E-state index in [1.54, 1.807) is 13.3 Å². The van der Waals surface area contributed by atoms with Gasteiger partial charge in [-0.05, 0) is 50.9 Å². The third-order valence-electron chi connectivity index (χ3n) is 2.14. The molecule has 0 spiro atoms. The van der Waals surface area contributed by atoms with E-state index in [-0.39, 0.29) is 6.04 Å². The molecule has 1 rings (SSSR count). The van der Waals surface area contributed by atoms with Crippen molar-refractivity contribution < 1.29 is 4.74 Å². The lowest BCUT2D eigenvalue weighted by molar-refractivity contribution is 0.165. The fourth-order valence-corrected chi connectivity index (χ4v) is 2.67. The minimum absolute atomic E-state index is 0.132. The molecule has 1 N–H and O–H groups in total. The van der Waals surface area contributed by atoms with Gasteiger partial charge in [0.05, 0.1) is 18.3 Å². The van der Waals surface area contributed by atoms with Crippen LogP contribution in [0, 0.1) is 0 Å². The minimum Gasteiger partial charge on any atom is -0.383 e. The van der Waals surface area contributed by atoms with Gasteiger partial charge in [-0.3, -0.25) is 4.98 Å². The molecule has 0 aromatic carbocycles. The van der Waals surface area contributed by atoms with E-state index < -0.39 is 0 Å². The van der Waals surface area contributed by atoms with Gasteiger partial charge in [0.25, 0.3) is 0 Å². The van der Waals surface area contributed by atoms with Gasteiger partial charge in [-0.25, -0.2) is 0 Å². The van der Waals surface area contributed by atoms with Crippen molar-refractivity contribution in [1.82, 2.24) is 10.3 Å². The molecule has 16 heavy (non-hydrogen) atoms. The molecule has 1 aromatic rings. The molecule has 5 heteroatoms. The van der Waals surface area contributed by atoms with Gasteiger partial charge in [0, 0.05) is 22.3 Å². The zero-order valence-corrected chi connectivity index (χ0v) is 12.6. The molecule has 0 aliphatic carbocycles. The maximum Gasteiger partial charge on any atom is 0.0744 e. The summed E-state index contributed by atoms with van der Waals surface area (Å²) in [5.74, 6) is 0. The Labute approximate surface area is 113 Å². The number of hydrogen-bond donors (Lipinski definition) is 1. The Kier molecular flexibility index (Phi) is 6.49. The third-order valence-corrected chi connectivity index (χ3v) is 3.21. The van der Waals surface area contributed by atoms with Crippen molar-refractivity contribution in [2.45, 2.75) is 19.4 Å². The maximum absolute atomic E-state index is 5.21. The lowest BCUT2D eigenvalue weighted by Gasteiger charge is -2.18. The maximum atomic E-state index is 5.21. The highest BCUT2D eigenvalue weighted by atomic mass is 79.9. The van der Waals surface area contributed by atoms with Crippen LogP contribution in [0.2, 0.25) is 0 Å². The Bertz CT molecular complexity index is 334. The predicted octanol–water partition coefficient (Wildman–Crippen LogP) is 3.29. The first kappa shape index (κ1) is 14.1. The Hall–Kier alpha value is 0.0300. The molecule has 0 radical (unpaired) electrons. The highest BCUT2D eigenvalue weighted by Gasteiger charge is 2.15. The standard InChI is InChI=1S/C11H16Br2N2O/c1-3-4-14-10(7-16-2)11-9(13)5-8(12)6-15-11/h5-6,10,14H,3-4,7H2,1-2H3. The lowest BCUT2D eigenvalue weighted by atomic mass is 10.2. The SMILES string of the molecule is CCCNC(COC)c1ncc(Br)cc1Br. The van der Waals surface area contributed by atoms with Gasteiger partial charge in [-0.15, -0.1) is 0 Å². The van der Waals surface area contributed by atoms with Gasteiger partial charge < -0.3 is 10.1 Å². The molecule has 0 saturated carbocycles. The third kappa shape index (κ3) is 4.13. The van der Waals surface area contributed by atoms with E-state index in [4.69, 9.17) is 4.74 Å². The summed E-state index contributed by atoms with van der Waals surface area (Å²) in [7, 11) is 1.70. The molecule has 0 saturated heterocycles. The average Bonchev–Trinajstić information content (AvgIpc) is 2.25. The zero-order chi connectivity index (χ0) is 12.0. The second kappa shape index (κ2) is 7.37. The number of rotatable bonds is 6. The number of halogens is 2. The largest absolute Gasteiger partial charge is 0.383 e. The molecule has 1 heterocycles. The molecule has 90 valence electrons. The summed E-state index contributed by atoms with van der Waals surface area (Å²) >= 11 is 6.91. The van der Waals surface area contributed by atoms with Gasteiger partial charge in [-0.1, -0.05) is 6.92 Å². The van der Waals surface area contributed by atoms with Crippen LogP contribution in [0.5, 0.6) is 0 Å². The van der Waals surface area contributed by atoms with Crippen LogP contribution in [0.1, 0.15) is 25.1 Å². The fourth-order valence-electron chi connectivity index (χ4n) is 1.40.